The quantitative estimate of drug-likeness (QED) is 0.367. The summed E-state index contributed by atoms with van der Waals surface area (Å²) in [6.45, 7) is 4.19. The summed E-state index contributed by atoms with van der Waals surface area (Å²) in [7, 11) is 0. The summed E-state index contributed by atoms with van der Waals surface area (Å²) in [5.41, 5.74) is 15.0. The van der Waals surface area contributed by atoms with Crippen molar-refractivity contribution >= 4 is 29.2 Å². The van der Waals surface area contributed by atoms with Gasteiger partial charge in [-0.2, -0.15) is 5.26 Å². The van der Waals surface area contributed by atoms with E-state index in [9.17, 15) is 10.1 Å². The van der Waals surface area contributed by atoms with Crippen molar-refractivity contribution in [1.82, 2.24) is 15.0 Å². The Hall–Kier alpha value is -4.86. The van der Waals surface area contributed by atoms with E-state index in [1.807, 2.05) is 56.3 Å². The molecule has 178 valence electrons. The molecule has 36 heavy (non-hydrogen) atoms. The van der Waals surface area contributed by atoms with Crippen molar-refractivity contribution in [1.29, 1.82) is 10.7 Å². The highest BCUT2D eigenvalue weighted by molar-refractivity contribution is 6.15. The van der Waals surface area contributed by atoms with Crippen LogP contribution in [0.2, 0.25) is 0 Å². The molecule has 0 atom stereocenters. The lowest BCUT2D eigenvalue weighted by atomic mass is 9.93. The molecule has 0 bridgehead atoms. The van der Waals surface area contributed by atoms with Crippen LogP contribution in [0.3, 0.4) is 0 Å². The molecule has 8 nitrogen and oxygen atoms in total. The number of pyridine rings is 1. The average molecular weight is 476 g/mol. The number of nitriles is 1. The number of anilines is 2. The number of Topliss-reactive ketones (excluding diaryl/α,β-unsaturated/α-hetero) is 1. The first-order valence-corrected chi connectivity index (χ1v) is 11.4. The minimum Gasteiger partial charge on any atom is -0.383 e. The number of carbonyl (C=O) groups is 1. The Kier molecular flexibility index (Phi) is 7.15. The number of aryl methyl sites for hydroxylation is 2. The van der Waals surface area contributed by atoms with Gasteiger partial charge in [-0.1, -0.05) is 30.3 Å². The van der Waals surface area contributed by atoms with Gasteiger partial charge in [0, 0.05) is 36.7 Å². The molecule has 1 aliphatic rings. The van der Waals surface area contributed by atoms with Crippen molar-refractivity contribution in [3.63, 3.8) is 0 Å². The van der Waals surface area contributed by atoms with Gasteiger partial charge in [0.25, 0.3) is 0 Å². The minimum atomic E-state index is -0.336. The smallest absolute Gasteiger partial charge is 0.169 e. The van der Waals surface area contributed by atoms with Crippen molar-refractivity contribution in [2.24, 2.45) is 0 Å². The van der Waals surface area contributed by atoms with Gasteiger partial charge >= 0.3 is 0 Å². The molecule has 2 heterocycles. The van der Waals surface area contributed by atoms with Gasteiger partial charge in [0.15, 0.2) is 5.78 Å². The van der Waals surface area contributed by atoms with Gasteiger partial charge in [-0.15, -0.1) is 5.73 Å². The number of fused-ring (bicyclic) bond motifs is 1. The first kappa shape index (κ1) is 24.3. The Balaban J connectivity index is 1.79. The van der Waals surface area contributed by atoms with Gasteiger partial charge < -0.3 is 11.1 Å². The van der Waals surface area contributed by atoms with Crippen LogP contribution in [0.15, 0.2) is 65.8 Å². The summed E-state index contributed by atoms with van der Waals surface area (Å²) in [6, 6.07) is 11.6. The summed E-state index contributed by atoms with van der Waals surface area (Å²) in [5.74, 6) is 0.301. The van der Waals surface area contributed by atoms with E-state index in [-0.39, 0.29) is 41.7 Å². The van der Waals surface area contributed by atoms with Gasteiger partial charge in [-0.05, 0) is 48.3 Å². The third-order valence-electron chi connectivity index (χ3n) is 6.02. The maximum absolute atomic E-state index is 13.5. The second-order valence-corrected chi connectivity index (χ2v) is 8.43. The van der Waals surface area contributed by atoms with E-state index in [1.54, 1.807) is 12.3 Å². The van der Waals surface area contributed by atoms with Crippen molar-refractivity contribution < 1.29 is 4.79 Å². The van der Waals surface area contributed by atoms with E-state index in [2.05, 4.69) is 26.0 Å². The van der Waals surface area contributed by atoms with E-state index in [1.165, 1.54) is 6.33 Å². The number of carbonyl (C=O) groups excluding carboxylic acids is 1. The molecular weight excluding hydrogens is 450 g/mol. The zero-order chi connectivity index (χ0) is 25.7. The van der Waals surface area contributed by atoms with E-state index < -0.39 is 0 Å². The van der Waals surface area contributed by atoms with Crippen LogP contribution in [0, 0.1) is 30.6 Å². The highest BCUT2D eigenvalue weighted by atomic mass is 16.1. The van der Waals surface area contributed by atoms with E-state index in [0.717, 1.165) is 33.5 Å². The molecule has 0 amide bonds. The number of benzene rings is 1. The number of nitrogens with zero attached hydrogens (tertiary/aromatic N) is 4. The molecule has 1 aromatic carbocycles. The van der Waals surface area contributed by atoms with Gasteiger partial charge in [-0.25, -0.2) is 9.97 Å². The summed E-state index contributed by atoms with van der Waals surface area (Å²) in [5, 5.41) is 20.4. The molecule has 3 aromatic rings. The average Bonchev–Trinajstić information content (AvgIpc) is 2.92. The third-order valence-corrected chi connectivity index (χ3v) is 6.02. The van der Waals surface area contributed by atoms with Crippen molar-refractivity contribution in [3.8, 4) is 6.07 Å². The molecule has 8 heteroatoms. The normalized spacial score (nSPS) is 14.2. The number of ketones is 1. The molecule has 0 radical (unpaired) electrons. The van der Waals surface area contributed by atoms with Crippen LogP contribution in [-0.4, -0.2) is 33.0 Å². The molecule has 0 unspecified atom stereocenters. The topological polar surface area (TPSA) is 141 Å². The standard InChI is InChI=1S/C28H25N7O/c1-17-6-3-4-7-19(17)12-21-13-24(36)25-18(2)10-11-32-23(25)9-5-8-20(21)15-33-28-26(22(30)14-29)27(31)34-16-35-28/h3-7,10-12,16,30H,9,13,15H2,1-2H3,(H3,31,33,34,35)/b21-12-,30-22?. The van der Waals surface area contributed by atoms with Gasteiger partial charge in [0.05, 0.1) is 11.3 Å². The molecule has 0 aliphatic heterocycles. The number of hydrogen-bond donors (Lipinski definition) is 3. The Morgan fingerprint density at radius 3 is 2.81 bits per heavy atom. The molecule has 4 N–H and O–H groups in total. The van der Waals surface area contributed by atoms with Crippen LogP contribution in [-0.2, 0) is 6.42 Å². The lowest BCUT2D eigenvalue weighted by Crippen LogP contribution is -2.15. The number of nitrogens with two attached hydrogens (primary N) is 1. The van der Waals surface area contributed by atoms with Crippen LogP contribution < -0.4 is 11.1 Å². The number of hydrogen-bond acceptors (Lipinski definition) is 8. The molecule has 0 fully saturated rings. The van der Waals surface area contributed by atoms with Gasteiger partial charge in [-0.3, -0.25) is 15.2 Å². The maximum Gasteiger partial charge on any atom is 0.169 e. The fourth-order valence-corrected chi connectivity index (χ4v) is 4.13. The van der Waals surface area contributed by atoms with Gasteiger partial charge in [0.2, 0.25) is 0 Å². The number of nitrogens with one attached hydrogen (secondary N) is 2. The molecule has 0 saturated carbocycles. The predicted molar refractivity (Wildman–Crippen MR) is 140 cm³/mol. The van der Waals surface area contributed by atoms with Crippen LogP contribution in [0.4, 0.5) is 11.6 Å². The van der Waals surface area contributed by atoms with Crippen LogP contribution in [0.25, 0.3) is 6.08 Å². The monoisotopic (exact) mass is 475 g/mol. The third kappa shape index (κ3) is 5.12. The van der Waals surface area contributed by atoms with E-state index >= 15 is 0 Å². The highest BCUT2D eigenvalue weighted by Crippen LogP contribution is 2.26. The van der Waals surface area contributed by atoms with E-state index in [4.69, 9.17) is 11.1 Å². The number of aromatic nitrogens is 3. The van der Waals surface area contributed by atoms with Crippen LogP contribution in [0.1, 0.15) is 44.7 Å². The first-order valence-electron chi connectivity index (χ1n) is 11.4. The first-order chi connectivity index (χ1) is 17.4. The Morgan fingerprint density at radius 1 is 1.22 bits per heavy atom. The SMILES string of the molecule is Cc1ccccc1/C=C1/CC(=O)c2c(C)ccnc2CC=C=C1CNc1ncnc(N)c1C(=N)C#N. The van der Waals surface area contributed by atoms with Crippen molar-refractivity contribution in [3.05, 3.63) is 99.3 Å². The van der Waals surface area contributed by atoms with E-state index in [0.29, 0.717) is 12.0 Å². The molecular formula is C28H25N7O. The van der Waals surface area contributed by atoms with Crippen molar-refractivity contribution in [2.75, 3.05) is 17.6 Å². The predicted octanol–water partition coefficient (Wildman–Crippen LogP) is 4.37. The molecule has 0 saturated heterocycles. The highest BCUT2D eigenvalue weighted by Gasteiger charge is 2.21. The molecule has 0 spiro atoms. The number of nitrogen functional groups attached to an aromatic ring is 1. The van der Waals surface area contributed by atoms with Crippen molar-refractivity contribution in [2.45, 2.75) is 26.7 Å². The second kappa shape index (κ2) is 10.6. The molecule has 1 aliphatic carbocycles. The fraction of sp³-hybridized carbons (Fsp3) is 0.179. The summed E-state index contributed by atoms with van der Waals surface area (Å²) < 4.78 is 0. The largest absolute Gasteiger partial charge is 0.383 e. The lowest BCUT2D eigenvalue weighted by molar-refractivity contribution is 0.0992. The fourth-order valence-electron chi connectivity index (χ4n) is 4.13. The zero-order valence-corrected chi connectivity index (χ0v) is 20.1. The Morgan fingerprint density at radius 2 is 2.03 bits per heavy atom. The minimum absolute atomic E-state index is 0.0109. The van der Waals surface area contributed by atoms with Gasteiger partial charge in [0.1, 0.15) is 29.7 Å². The Bertz CT molecular complexity index is 1500. The lowest BCUT2D eigenvalue weighted by Gasteiger charge is -2.15. The number of rotatable bonds is 5. The molecule has 2 aromatic heterocycles. The Labute approximate surface area is 209 Å². The zero-order valence-electron chi connectivity index (χ0n) is 20.1. The summed E-state index contributed by atoms with van der Waals surface area (Å²) in [6.07, 6.45) is 7.51. The van der Waals surface area contributed by atoms with Crippen LogP contribution in [0.5, 0.6) is 0 Å². The maximum atomic E-state index is 13.5. The summed E-state index contributed by atoms with van der Waals surface area (Å²) >= 11 is 0. The molecule has 4 rings (SSSR count). The van der Waals surface area contributed by atoms with Crippen LogP contribution >= 0.6 is 0 Å². The second-order valence-electron chi connectivity index (χ2n) is 8.43. The summed E-state index contributed by atoms with van der Waals surface area (Å²) in [4.78, 5) is 26.1.